The van der Waals surface area contributed by atoms with Crippen molar-refractivity contribution in [3.63, 3.8) is 0 Å². The van der Waals surface area contributed by atoms with Crippen LogP contribution in [0.3, 0.4) is 0 Å². The molecule has 27 heavy (non-hydrogen) atoms. The first-order chi connectivity index (χ1) is 13.2. The number of halogens is 1. The van der Waals surface area contributed by atoms with Crippen LogP contribution in [0.5, 0.6) is 11.5 Å². The minimum absolute atomic E-state index is 0.734. The zero-order valence-electron chi connectivity index (χ0n) is 14.9. The normalized spacial score (nSPS) is 11.1. The molecule has 0 atom stereocenters. The minimum atomic E-state index is 0.734. The van der Waals surface area contributed by atoms with E-state index in [1.54, 1.807) is 26.0 Å². The molecule has 0 bridgehead atoms. The van der Waals surface area contributed by atoms with Gasteiger partial charge in [0.15, 0.2) is 0 Å². The van der Waals surface area contributed by atoms with Gasteiger partial charge in [-0.2, -0.15) is 5.10 Å². The molecule has 0 spiro atoms. The molecule has 2 heterocycles. The quantitative estimate of drug-likeness (QED) is 0.419. The summed E-state index contributed by atoms with van der Waals surface area (Å²) in [6.45, 7) is 0. The summed E-state index contributed by atoms with van der Waals surface area (Å²) in [5.41, 5.74) is 3.89. The molecule has 4 rings (SSSR count). The molecule has 4 aromatic rings. The molecule has 0 amide bonds. The number of hydrogen-bond acceptors (Lipinski definition) is 4. The zero-order chi connectivity index (χ0) is 18.8. The van der Waals surface area contributed by atoms with E-state index in [1.165, 1.54) is 0 Å². The average Bonchev–Trinajstić information content (AvgIpc) is 3.32. The van der Waals surface area contributed by atoms with E-state index in [2.05, 4.69) is 15.2 Å². The van der Waals surface area contributed by atoms with Crippen LogP contribution in [-0.2, 0) is 5.75 Å². The summed E-state index contributed by atoms with van der Waals surface area (Å²) < 4.78 is 10.7. The van der Waals surface area contributed by atoms with Gasteiger partial charge in [-0.1, -0.05) is 11.6 Å². The van der Waals surface area contributed by atoms with Crippen LogP contribution in [0.15, 0.2) is 53.6 Å². The fourth-order valence-corrected chi connectivity index (χ4v) is 4.02. The van der Waals surface area contributed by atoms with Gasteiger partial charge >= 0.3 is 0 Å². The lowest BCUT2D eigenvalue weighted by molar-refractivity contribution is 0.395. The fraction of sp³-hybridized carbons (Fsp3) is 0.150. The molecule has 0 fully saturated rings. The molecule has 2 aromatic carbocycles. The highest BCUT2D eigenvalue weighted by atomic mass is 35.5. The highest BCUT2D eigenvalue weighted by Gasteiger charge is 2.12. The summed E-state index contributed by atoms with van der Waals surface area (Å²) in [6.07, 6.45) is 2.01. The molecule has 0 radical (unpaired) electrons. The lowest BCUT2D eigenvalue weighted by atomic mass is 10.1. The standard InChI is InChI=1S/C20H18ClN3O2S/c1-25-14-4-5-15(19(9-14)26-2)18-8-13(23-24-18)11-27-20-10-22-17-6-3-12(21)7-16(17)20/h3-10,22H,11H2,1-2H3,(H,23,24). The van der Waals surface area contributed by atoms with E-state index in [0.717, 1.165) is 55.0 Å². The Hall–Kier alpha value is -2.57. The van der Waals surface area contributed by atoms with Crippen molar-refractivity contribution in [1.29, 1.82) is 0 Å². The molecular formula is C20H18ClN3O2S. The Bertz CT molecular complexity index is 1090. The number of ether oxygens (including phenoxy) is 2. The number of aromatic amines is 2. The second kappa shape index (κ2) is 7.58. The molecule has 0 aliphatic heterocycles. The number of nitrogens with one attached hydrogen (secondary N) is 2. The zero-order valence-corrected chi connectivity index (χ0v) is 16.4. The maximum absolute atomic E-state index is 6.12. The smallest absolute Gasteiger partial charge is 0.131 e. The van der Waals surface area contributed by atoms with Crippen molar-refractivity contribution in [3.8, 4) is 22.8 Å². The minimum Gasteiger partial charge on any atom is -0.497 e. The SMILES string of the molecule is COc1ccc(-c2cc(CSc3c[nH]c4ccc(Cl)cc34)n[nH]2)c(OC)c1. The van der Waals surface area contributed by atoms with Crippen LogP contribution in [0.25, 0.3) is 22.2 Å². The van der Waals surface area contributed by atoms with Gasteiger partial charge in [-0.15, -0.1) is 11.8 Å². The lowest BCUT2D eigenvalue weighted by Gasteiger charge is -2.08. The predicted octanol–water partition coefficient (Wildman–Crippen LogP) is 5.52. The van der Waals surface area contributed by atoms with Crippen LogP contribution in [0.1, 0.15) is 5.69 Å². The van der Waals surface area contributed by atoms with E-state index in [4.69, 9.17) is 21.1 Å². The lowest BCUT2D eigenvalue weighted by Crippen LogP contribution is -1.90. The Morgan fingerprint density at radius 1 is 1.07 bits per heavy atom. The van der Waals surface area contributed by atoms with Gasteiger partial charge in [-0.05, 0) is 36.4 Å². The third-order valence-corrected chi connectivity index (χ3v) is 5.64. The number of H-pyrrole nitrogens is 2. The Kier molecular flexibility index (Phi) is 5.01. The van der Waals surface area contributed by atoms with Crippen molar-refractivity contribution >= 4 is 34.3 Å². The number of rotatable bonds is 6. The molecule has 0 aliphatic carbocycles. The van der Waals surface area contributed by atoms with E-state index < -0.39 is 0 Å². The summed E-state index contributed by atoms with van der Waals surface area (Å²) in [5.74, 6) is 2.24. The van der Waals surface area contributed by atoms with Gasteiger partial charge in [-0.25, -0.2) is 0 Å². The third kappa shape index (κ3) is 3.63. The van der Waals surface area contributed by atoms with Crippen molar-refractivity contribution in [3.05, 3.63) is 59.4 Å². The number of methoxy groups -OCH3 is 2. The molecule has 138 valence electrons. The molecule has 0 saturated carbocycles. The van der Waals surface area contributed by atoms with E-state index in [1.807, 2.05) is 48.7 Å². The Morgan fingerprint density at radius 2 is 1.96 bits per heavy atom. The molecule has 2 aromatic heterocycles. The van der Waals surface area contributed by atoms with Gasteiger partial charge in [0.05, 0.1) is 25.6 Å². The third-order valence-electron chi connectivity index (χ3n) is 4.31. The fourth-order valence-electron chi connectivity index (χ4n) is 2.93. The van der Waals surface area contributed by atoms with Crippen LogP contribution in [0, 0.1) is 0 Å². The number of nitrogens with zero attached hydrogens (tertiary/aromatic N) is 1. The number of thioether (sulfide) groups is 1. The highest BCUT2D eigenvalue weighted by Crippen LogP contribution is 2.34. The summed E-state index contributed by atoms with van der Waals surface area (Å²) in [4.78, 5) is 4.42. The first-order valence-corrected chi connectivity index (χ1v) is 9.70. The molecule has 7 heteroatoms. The summed E-state index contributed by atoms with van der Waals surface area (Å²) in [5, 5.41) is 9.40. The largest absolute Gasteiger partial charge is 0.497 e. The van der Waals surface area contributed by atoms with Crippen molar-refractivity contribution < 1.29 is 9.47 Å². The predicted molar refractivity (Wildman–Crippen MR) is 110 cm³/mol. The van der Waals surface area contributed by atoms with Gasteiger partial charge in [0.1, 0.15) is 11.5 Å². The number of aromatic nitrogens is 3. The summed E-state index contributed by atoms with van der Waals surface area (Å²) >= 11 is 7.84. The maximum atomic E-state index is 6.12. The van der Waals surface area contributed by atoms with Gasteiger partial charge in [0, 0.05) is 44.4 Å². The molecule has 0 aliphatic rings. The topological polar surface area (TPSA) is 62.9 Å². The number of benzene rings is 2. The number of hydrogen-bond donors (Lipinski definition) is 2. The van der Waals surface area contributed by atoms with Crippen LogP contribution in [-0.4, -0.2) is 29.4 Å². The summed E-state index contributed by atoms with van der Waals surface area (Å²) in [6, 6.07) is 13.6. The van der Waals surface area contributed by atoms with E-state index in [9.17, 15) is 0 Å². The number of fused-ring (bicyclic) bond motifs is 1. The molecule has 2 N–H and O–H groups in total. The maximum Gasteiger partial charge on any atom is 0.131 e. The second-order valence-corrected chi connectivity index (χ2v) is 7.42. The van der Waals surface area contributed by atoms with Crippen molar-refractivity contribution in [1.82, 2.24) is 15.2 Å². The van der Waals surface area contributed by atoms with E-state index in [0.29, 0.717) is 0 Å². The van der Waals surface area contributed by atoms with Crippen LogP contribution < -0.4 is 9.47 Å². The Morgan fingerprint density at radius 3 is 2.78 bits per heavy atom. The monoisotopic (exact) mass is 399 g/mol. The van der Waals surface area contributed by atoms with Gasteiger partial charge in [0.25, 0.3) is 0 Å². The van der Waals surface area contributed by atoms with E-state index in [-0.39, 0.29) is 0 Å². The van der Waals surface area contributed by atoms with Crippen molar-refractivity contribution in [2.24, 2.45) is 0 Å². The van der Waals surface area contributed by atoms with Crippen LogP contribution in [0.4, 0.5) is 0 Å². The first-order valence-electron chi connectivity index (χ1n) is 8.34. The van der Waals surface area contributed by atoms with Crippen LogP contribution in [0.2, 0.25) is 5.02 Å². The highest BCUT2D eigenvalue weighted by molar-refractivity contribution is 7.98. The van der Waals surface area contributed by atoms with Crippen molar-refractivity contribution in [2.75, 3.05) is 14.2 Å². The Balaban J connectivity index is 1.54. The average molecular weight is 400 g/mol. The second-order valence-electron chi connectivity index (χ2n) is 5.97. The van der Waals surface area contributed by atoms with Gasteiger partial charge in [-0.3, -0.25) is 5.10 Å². The van der Waals surface area contributed by atoms with E-state index >= 15 is 0 Å². The molecule has 0 unspecified atom stereocenters. The Labute approximate surface area is 166 Å². The van der Waals surface area contributed by atoms with Gasteiger partial charge in [0.2, 0.25) is 0 Å². The molecule has 5 nitrogen and oxygen atoms in total. The van der Waals surface area contributed by atoms with Crippen molar-refractivity contribution in [2.45, 2.75) is 10.6 Å². The van der Waals surface area contributed by atoms with Gasteiger partial charge < -0.3 is 14.5 Å². The first kappa shape index (κ1) is 17.8. The molecule has 0 saturated heterocycles. The molecular weight excluding hydrogens is 382 g/mol. The summed E-state index contributed by atoms with van der Waals surface area (Å²) in [7, 11) is 3.28. The van der Waals surface area contributed by atoms with Crippen LogP contribution >= 0.6 is 23.4 Å².